The van der Waals surface area contributed by atoms with Crippen molar-refractivity contribution in [2.24, 2.45) is 0 Å². The summed E-state index contributed by atoms with van der Waals surface area (Å²) in [6.07, 6.45) is 0. The number of hydrogen-bond acceptors (Lipinski definition) is 4. The fraction of sp³-hybridized carbons (Fsp3) is 0.167. The molecule has 2 aromatic carbocycles. The highest BCUT2D eigenvalue weighted by Crippen LogP contribution is 2.31. The van der Waals surface area contributed by atoms with E-state index in [2.05, 4.69) is 50.5 Å². The molecular formula is C18H17N5. The summed E-state index contributed by atoms with van der Waals surface area (Å²) < 4.78 is 0. The molecule has 0 bridgehead atoms. The maximum absolute atomic E-state index is 6.18. The number of anilines is 1. The van der Waals surface area contributed by atoms with Crippen molar-refractivity contribution >= 4 is 27.6 Å². The topological polar surface area (TPSA) is 80.5 Å². The Labute approximate surface area is 133 Å². The molecule has 0 aliphatic rings. The molecule has 0 saturated carbocycles. The summed E-state index contributed by atoms with van der Waals surface area (Å²) in [7, 11) is 0. The zero-order valence-electron chi connectivity index (χ0n) is 13.0. The molecule has 3 N–H and O–H groups in total. The van der Waals surface area contributed by atoms with Crippen molar-refractivity contribution in [3.63, 3.8) is 0 Å². The van der Waals surface area contributed by atoms with Crippen LogP contribution in [0.5, 0.6) is 0 Å². The summed E-state index contributed by atoms with van der Waals surface area (Å²) >= 11 is 0. The minimum atomic E-state index is 0.211. The lowest BCUT2D eigenvalue weighted by atomic mass is 10.0. The second-order valence-corrected chi connectivity index (χ2v) is 5.98. The summed E-state index contributed by atoms with van der Waals surface area (Å²) in [5.74, 6) is 1.39. The molecule has 0 fully saturated rings. The third-order valence-electron chi connectivity index (χ3n) is 4.01. The van der Waals surface area contributed by atoms with Gasteiger partial charge in [-0.2, -0.15) is 5.10 Å². The number of aromatic amines is 1. The van der Waals surface area contributed by atoms with E-state index in [1.807, 2.05) is 26.0 Å². The summed E-state index contributed by atoms with van der Waals surface area (Å²) in [5, 5.41) is 10.5. The Balaban J connectivity index is 1.94. The van der Waals surface area contributed by atoms with E-state index in [0.717, 1.165) is 16.6 Å². The molecule has 0 amide bonds. The quantitative estimate of drug-likeness (QED) is 0.589. The fourth-order valence-electron chi connectivity index (χ4n) is 2.78. The Morgan fingerprint density at radius 2 is 1.78 bits per heavy atom. The molecule has 4 aromatic rings. The van der Waals surface area contributed by atoms with Gasteiger partial charge in [0.15, 0.2) is 5.65 Å². The molecule has 5 heteroatoms. The number of hydrogen-bond donors (Lipinski definition) is 2. The Morgan fingerprint density at radius 3 is 2.57 bits per heavy atom. The molecule has 4 rings (SSSR count). The van der Waals surface area contributed by atoms with Crippen molar-refractivity contribution in [1.29, 1.82) is 0 Å². The van der Waals surface area contributed by atoms with E-state index in [1.165, 1.54) is 10.8 Å². The SMILES string of the molecule is CC(C)c1nc(N)c2c(-c3ccc4ccccc4c3)[nH]nc2n1. The first-order valence-corrected chi connectivity index (χ1v) is 7.64. The number of benzene rings is 2. The predicted molar refractivity (Wildman–Crippen MR) is 93.1 cm³/mol. The second kappa shape index (κ2) is 5.05. The smallest absolute Gasteiger partial charge is 0.187 e. The van der Waals surface area contributed by atoms with E-state index < -0.39 is 0 Å². The summed E-state index contributed by atoms with van der Waals surface area (Å²) in [5.41, 5.74) is 8.68. The molecule has 0 aliphatic heterocycles. The molecule has 2 aromatic heterocycles. The lowest BCUT2D eigenvalue weighted by Gasteiger charge is -2.06. The van der Waals surface area contributed by atoms with Crippen LogP contribution in [0.4, 0.5) is 5.82 Å². The van der Waals surface area contributed by atoms with Crippen LogP contribution >= 0.6 is 0 Å². The molecule has 0 spiro atoms. The maximum Gasteiger partial charge on any atom is 0.187 e. The van der Waals surface area contributed by atoms with Crippen molar-refractivity contribution in [3.05, 3.63) is 48.3 Å². The molecule has 114 valence electrons. The molecule has 0 saturated heterocycles. The minimum Gasteiger partial charge on any atom is -0.383 e. The molecular weight excluding hydrogens is 286 g/mol. The zero-order valence-corrected chi connectivity index (χ0v) is 13.0. The first kappa shape index (κ1) is 13.7. The Morgan fingerprint density at radius 1 is 1.00 bits per heavy atom. The number of nitrogens with zero attached hydrogens (tertiary/aromatic N) is 3. The third kappa shape index (κ3) is 2.21. The molecule has 5 nitrogen and oxygen atoms in total. The van der Waals surface area contributed by atoms with Gasteiger partial charge in [-0.15, -0.1) is 0 Å². The van der Waals surface area contributed by atoms with E-state index in [9.17, 15) is 0 Å². The highest BCUT2D eigenvalue weighted by atomic mass is 15.2. The van der Waals surface area contributed by atoms with E-state index >= 15 is 0 Å². The van der Waals surface area contributed by atoms with Crippen LogP contribution in [0.2, 0.25) is 0 Å². The lowest BCUT2D eigenvalue weighted by molar-refractivity contribution is 0.783. The normalized spacial score (nSPS) is 11.6. The molecule has 23 heavy (non-hydrogen) atoms. The van der Waals surface area contributed by atoms with Crippen molar-refractivity contribution in [2.45, 2.75) is 19.8 Å². The van der Waals surface area contributed by atoms with Crippen LogP contribution in [0.15, 0.2) is 42.5 Å². The van der Waals surface area contributed by atoms with Crippen molar-refractivity contribution in [1.82, 2.24) is 20.2 Å². The largest absolute Gasteiger partial charge is 0.383 e. The van der Waals surface area contributed by atoms with Crippen LogP contribution in [0.1, 0.15) is 25.6 Å². The van der Waals surface area contributed by atoms with Crippen molar-refractivity contribution in [2.75, 3.05) is 5.73 Å². The van der Waals surface area contributed by atoms with Crippen LogP contribution in [-0.4, -0.2) is 20.2 Å². The molecule has 0 atom stereocenters. The van der Waals surface area contributed by atoms with Crippen LogP contribution < -0.4 is 5.73 Å². The van der Waals surface area contributed by atoms with Gasteiger partial charge < -0.3 is 5.73 Å². The fourth-order valence-corrected chi connectivity index (χ4v) is 2.78. The van der Waals surface area contributed by atoms with Crippen molar-refractivity contribution < 1.29 is 0 Å². The number of nitrogen functional groups attached to an aromatic ring is 1. The monoisotopic (exact) mass is 303 g/mol. The van der Waals surface area contributed by atoms with Crippen LogP contribution in [0.3, 0.4) is 0 Å². The predicted octanol–water partition coefficient (Wildman–Crippen LogP) is 3.88. The van der Waals surface area contributed by atoms with Gasteiger partial charge in [-0.1, -0.05) is 50.2 Å². The number of nitrogens with one attached hydrogen (secondary N) is 1. The number of fused-ring (bicyclic) bond motifs is 2. The Bertz CT molecular complexity index is 1020. The van der Waals surface area contributed by atoms with E-state index in [4.69, 9.17) is 5.73 Å². The second-order valence-electron chi connectivity index (χ2n) is 5.98. The summed E-state index contributed by atoms with van der Waals surface area (Å²) in [4.78, 5) is 8.94. The highest BCUT2D eigenvalue weighted by Gasteiger charge is 2.16. The number of nitrogens with two attached hydrogens (primary N) is 1. The molecule has 2 heterocycles. The van der Waals surface area contributed by atoms with E-state index in [1.54, 1.807) is 0 Å². The van der Waals surface area contributed by atoms with E-state index in [0.29, 0.717) is 17.3 Å². The Hall–Kier alpha value is -2.95. The van der Waals surface area contributed by atoms with Gasteiger partial charge in [0.05, 0.1) is 11.1 Å². The van der Waals surface area contributed by atoms with Crippen LogP contribution in [-0.2, 0) is 0 Å². The highest BCUT2D eigenvalue weighted by molar-refractivity contribution is 5.99. The molecule has 0 aliphatic carbocycles. The standard InChI is InChI=1S/C18H17N5/c1-10(2)17-20-16(19)14-15(22-23-18(14)21-17)13-8-7-11-5-3-4-6-12(11)9-13/h3-10H,1-2H3,(H3,19,20,21,22,23). The van der Waals surface area contributed by atoms with Crippen LogP contribution in [0, 0.1) is 0 Å². The number of H-pyrrole nitrogens is 1. The average molecular weight is 303 g/mol. The van der Waals surface area contributed by atoms with Gasteiger partial charge in [-0.05, 0) is 16.8 Å². The van der Waals surface area contributed by atoms with Gasteiger partial charge in [0.25, 0.3) is 0 Å². The van der Waals surface area contributed by atoms with Gasteiger partial charge in [0.1, 0.15) is 11.6 Å². The number of rotatable bonds is 2. The van der Waals surface area contributed by atoms with Gasteiger partial charge >= 0.3 is 0 Å². The van der Waals surface area contributed by atoms with Gasteiger partial charge in [-0.3, -0.25) is 5.10 Å². The van der Waals surface area contributed by atoms with Crippen LogP contribution in [0.25, 0.3) is 33.1 Å². The van der Waals surface area contributed by atoms with Crippen molar-refractivity contribution in [3.8, 4) is 11.3 Å². The zero-order chi connectivity index (χ0) is 16.0. The minimum absolute atomic E-state index is 0.211. The Kier molecular flexibility index (Phi) is 3.01. The first-order chi connectivity index (χ1) is 11.1. The maximum atomic E-state index is 6.18. The molecule has 0 unspecified atom stereocenters. The average Bonchev–Trinajstić information content (AvgIpc) is 2.99. The van der Waals surface area contributed by atoms with Gasteiger partial charge in [0.2, 0.25) is 0 Å². The lowest BCUT2D eigenvalue weighted by Crippen LogP contribution is -2.02. The van der Waals surface area contributed by atoms with Gasteiger partial charge in [-0.25, -0.2) is 9.97 Å². The summed E-state index contributed by atoms with van der Waals surface area (Å²) in [6.45, 7) is 4.08. The first-order valence-electron chi connectivity index (χ1n) is 7.64. The molecule has 0 radical (unpaired) electrons. The third-order valence-corrected chi connectivity index (χ3v) is 4.01. The number of aromatic nitrogens is 4. The van der Waals surface area contributed by atoms with Gasteiger partial charge in [0, 0.05) is 11.5 Å². The summed E-state index contributed by atoms with van der Waals surface area (Å²) in [6, 6.07) is 14.5. The van der Waals surface area contributed by atoms with E-state index in [-0.39, 0.29) is 5.92 Å².